The van der Waals surface area contributed by atoms with Gasteiger partial charge in [-0.2, -0.15) is 0 Å². The molecule has 0 aliphatic heterocycles. The van der Waals surface area contributed by atoms with Crippen LogP contribution in [-0.4, -0.2) is 0 Å². The molecule has 18 rings (SSSR count). The lowest BCUT2D eigenvalue weighted by molar-refractivity contribution is 0.669. The minimum absolute atomic E-state index is 0. The van der Waals surface area contributed by atoms with Crippen molar-refractivity contribution in [2.24, 2.45) is 0 Å². The van der Waals surface area contributed by atoms with E-state index in [0.717, 1.165) is 22.3 Å². The van der Waals surface area contributed by atoms with Crippen molar-refractivity contribution >= 4 is 130 Å². The summed E-state index contributed by atoms with van der Waals surface area (Å²) in [5, 5.41) is 25.7. The molecule has 0 radical (unpaired) electrons. The zero-order valence-corrected chi connectivity index (χ0v) is 54.7. The Hall–Kier alpha value is -10.8. The van der Waals surface area contributed by atoms with E-state index in [1.807, 2.05) is 79.7 Å². The first kappa shape index (κ1) is 67.6. The number of benzene rings is 16. The Balaban J connectivity index is 0.000000143. The molecule has 0 atom stereocenters. The largest absolute Gasteiger partial charge is 0.456 e. The average Bonchev–Trinajstić information content (AvgIpc) is 1.06. The summed E-state index contributed by atoms with van der Waals surface area (Å²) in [4.78, 5) is 0. The molecule has 468 valence electrons. The van der Waals surface area contributed by atoms with Gasteiger partial charge in [-0.15, -0.1) is 0 Å². The summed E-state index contributed by atoms with van der Waals surface area (Å²) in [5.74, 6) is 0. The van der Waals surface area contributed by atoms with Crippen molar-refractivity contribution in [3.63, 3.8) is 0 Å². The summed E-state index contributed by atoms with van der Waals surface area (Å²) in [6.07, 6.45) is 0. The smallest absolute Gasteiger partial charge is 0.136 e. The third-order valence-electron chi connectivity index (χ3n) is 17.0. The molecular weight excluding hydrogens is 1140 g/mol. The van der Waals surface area contributed by atoms with Crippen molar-refractivity contribution in [1.82, 2.24) is 0 Å². The van der Waals surface area contributed by atoms with Gasteiger partial charge in [-0.05, 0) is 164 Å². The van der Waals surface area contributed by atoms with Gasteiger partial charge in [-0.1, -0.05) is 343 Å². The molecule has 0 N–H and O–H groups in total. The Kier molecular flexibility index (Phi) is 22.6. The van der Waals surface area contributed by atoms with Gasteiger partial charge in [0, 0.05) is 21.5 Å². The molecule has 2 aromatic heterocycles. The summed E-state index contributed by atoms with van der Waals surface area (Å²) in [6, 6.07) is 107. The number of aryl methyl sites for hydroxylation is 2. The first-order valence-corrected chi connectivity index (χ1v) is 32.9. The maximum absolute atomic E-state index is 5.86. The molecule has 0 saturated carbocycles. The Morgan fingerprint density at radius 2 is 0.489 bits per heavy atom. The van der Waals surface area contributed by atoms with Gasteiger partial charge < -0.3 is 8.83 Å². The summed E-state index contributed by atoms with van der Waals surface area (Å²) in [5.41, 5.74) is 11.8. The SMILES string of the molecule is C.C.CC.CC.CC.CC.Cc1c2ccccc2c(-c2ccc3ccccc3c2)c2ccccc12.Cc1c2ccccc2c(-c2cccc3ccccc23)c2ccccc12.c1ccc2c(c1)ccc1oc3ccccc3c12.c1ccc2c(c1)ccc1oc3ccccc3c12. The number of hydrogen-bond acceptors (Lipinski definition) is 2. The van der Waals surface area contributed by atoms with Gasteiger partial charge in [-0.25, -0.2) is 0 Å². The highest BCUT2D eigenvalue weighted by molar-refractivity contribution is 6.21. The summed E-state index contributed by atoms with van der Waals surface area (Å²) >= 11 is 0. The molecule has 0 aliphatic rings. The van der Waals surface area contributed by atoms with Crippen LogP contribution in [0.4, 0.5) is 0 Å². The first-order valence-electron chi connectivity index (χ1n) is 32.9. The molecule has 0 unspecified atom stereocenters. The first-order chi connectivity index (χ1) is 45.5. The highest BCUT2D eigenvalue weighted by Gasteiger charge is 2.17. The van der Waals surface area contributed by atoms with Crippen molar-refractivity contribution in [2.45, 2.75) is 84.1 Å². The Morgan fingerprint density at radius 1 is 0.202 bits per heavy atom. The van der Waals surface area contributed by atoms with Crippen molar-refractivity contribution in [2.75, 3.05) is 0 Å². The van der Waals surface area contributed by atoms with Crippen LogP contribution in [0.1, 0.15) is 81.4 Å². The van der Waals surface area contributed by atoms with Crippen LogP contribution in [0, 0.1) is 13.8 Å². The van der Waals surface area contributed by atoms with Crippen molar-refractivity contribution < 1.29 is 8.83 Å². The van der Waals surface area contributed by atoms with Gasteiger partial charge in [0.1, 0.15) is 22.3 Å². The summed E-state index contributed by atoms with van der Waals surface area (Å²) in [6.45, 7) is 20.5. The van der Waals surface area contributed by atoms with Crippen molar-refractivity contribution in [3.05, 3.63) is 314 Å². The minimum Gasteiger partial charge on any atom is -0.456 e. The molecular formula is C92H88O2. The molecule has 94 heavy (non-hydrogen) atoms. The lowest BCUT2D eigenvalue weighted by atomic mass is 9.87. The van der Waals surface area contributed by atoms with Crippen LogP contribution in [0.15, 0.2) is 312 Å². The van der Waals surface area contributed by atoms with E-state index in [0.29, 0.717) is 0 Å². The number of para-hydroxylation sites is 2. The minimum atomic E-state index is 0. The molecule has 2 heterocycles. The van der Waals surface area contributed by atoms with Gasteiger partial charge in [0.25, 0.3) is 0 Å². The molecule has 2 heteroatoms. The van der Waals surface area contributed by atoms with Gasteiger partial charge in [0.15, 0.2) is 0 Å². The van der Waals surface area contributed by atoms with Gasteiger partial charge in [0.2, 0.25) is 0 Å². The number of furan rings is 2. The van der Waals surface area contributed by atoms with E-state index in [9.17, 15) is 0 Å². The Labute approximate surface area is 556 Å². The van der Waals surface area contributed by atoms with Crippen molar-refractivity contribution in [3.8, 4) is 22.3 Å². The maximum atomic E-state index is 5.86. The third kappa shape index (κ3) is 13.0. The van der Waals surface area contributed by atoms with E-state index < -0.39 is 0 Å². The number of rotatable bonds is 2. The molecule has 0 bridgehead atoms. The maximum Gasteiger partial charge on any atom is 0.136 e. The lowest BCUT2D eigenvalue weighted by Gasteiger charge is -2.16. The predicted molar refractivity (Wildman–Crippen MR) is 420 cm³/mol. The van der Waals surface area contributed by atoms with Gasteiger partial charge in [0.05, 0.1) is 0 Å². The van der Waals surface area contributed by atoms with Crippen molar-refractivity contribution in [1.29, 1.82) is 0 Å². The van der Waals surface area contributed by atoms with E-state index in [1.165, 1.54) is 141 Å². The molecule has 16 aromatic carbocycles. The topological polar surface area (TPSA) is 26.3 Å². The second-order valence-electron chi connectivity index (χ2n) is 21.8. The van der Waals surface area contributed by atoms with Crippen LogP contribution in [0.25, 0.3) is 152 Å². The van der Waals surface area contributed by atoms with E-state index >= 15 is 0 Å². The third-order valence-corrected chi connectivity index (χ3v) is 17.0. The van der Waals surface area contributed by atoms with E-state index in [1.54, 1.807) is 0 Å². The number of fused-ring (bicyclic) bond motifs is 16. The van der Waals surface area contributed by atoms with Gasteiger partial charge >= 0.3 is 0 Å². The van der Waals surface area contributed by atoms with Crippen LogP contribution in [0.5, 0.6) is 0 Å². The fourth-order valence-electron chi connectivity index (χ4n) is 13.1. The fraction of sp³-hybridized carbons (Fsp3) is 0.130. The van der Waals surface area contributed by atoms with Crippen LogP contribution >= 0.6 is 0 Å². The molecule has 0 aliphatic carbocycles. The molecule has 0 fully saturated rings. The summed E-state index contributed by atoms with van der Waals surface area (Å²) < 4.78 is 11.7. The number of hydrogen-bond donors (Lipinski definition) is 0. The highest BCUT2D eigenvalue weighted by atomic mass is 16.3. The molecule has 0 amide bonds. The van der Waals surface area contributed by atoms with Crippen LogP contribution in [0.2, 0.25) is 0 Å². The second kappa shape index (κ2) is 31.5. The monoisotopic (exact) mass is 1220 g/mol. The molecule has 0 spiro atoms. The second-order valence-corrected chi connectivity index (χ2v) is 21.8. The average molecular weight is 1230 g/mol. The van der Waals surface area contributed by atoms with Crippen LogP contribution < -0.4 is 0 Å². The van der Waals surface area contributed by atoms with Crippen LogP contribution in [0.3, 0.4) is 0 Å². The standard InChI is InChI=1S/2C25H18.2C16H10O.4C2H6.2CH4/c1-17-19-11-4-6-14-22(19)25(23-15-7-5-12-20(17)23)24-16-8-10-18-9-2-3-13-21(18)24;1-17-21-10-4-6-12-23(21)25(24-13-7-5-11-22(17)24)20-15-14-18-8-2-3-9-19(18)16-20;2*1-2-6-12-11(5-1)9-10-15-16(12)13-7-3-4-8-14(13)17-15;4*1-2;;/h2*2-16H,1H3;2*1-10H;4*1-2H3;2*1H4. The van der Waals surface area contributed by atoms with Crippen LogP contribution in [-0.2, 0) is 0 Å². The zero-order chi connectivity index (χ0) is 64.1. The Morgan fingerprint density at radius 3 is 0.904 bits per heavy atom. The quantitative estimate of drug-likeness (QED) is 0.161. The Bertz CT molecular complexity index is 5260. The van der Waals surface area contributed by atoms with E-state index in [-0.39, 0.29) is 14.9 Å². The fourth-order valence-corrected chi connectivity index (χ4v) is 13.1. The van der Waals surface area contributed by atoms with E-state index in [2.05, 4.69) is 293 Å². The molecule has 2 nitrogen and oxygen atoms in total. The highest BCUT2D eigenvalue weighted by Crippen LogP contribution is 2.43. The molecule has 0 saturated heterocycles. The predicted octanol–water partition coefficient (Wildman–Crippen LogP) is 29.1. The molecule has 18 aromatic rings. The zero-order valence-electron chi connectivity index (χ0n) is 54.7. The normalized spacial score (nSPS) is 10.5. The lowest BCUT2D eigenvalue weighted by Crippen LogP contribution is -1.90. The van der Waals surface area contributed by atoms with Gasteiger partial charge in [-0.3, -0.25) is 0 Å². The van der Waals surface area contributed by atoms with E-state index in [4.69, 9.17) is 8.83 Å². The summed E-state index contributed by atoms with van der Waals surface area (Å²) in [7, 11) is 0.